The second-order valence-corrected chi connectivity index (χ2v) is 12.3. The van der Waals surface area contributed by atoms with Crippen LogP contribution in [0.1, 0.15) is 53.3 Å². The van der Waals surface area contributed by atoms with E-state index < -0.39 is 29.9 Å². The Bertz CT molecular complexity index is 1260. The number of carbonyl (C=O) groups excluding carboxylic acids is 4. The lowest BCUT2D eigenvalue weighted by atomic mass is 9.91. The van der Waals surface area contributed by atoms with E-state index in [2.05, 4.69) is 26.9 Å². The quantitative estimate of drug-likeness (QED) is 0.482. The van der Waals surface area contributed by atoms with Gasteiger partial charge in [0.05, 0.1) is 11.1 Å². The van der Waals surface area contributed by atoms with Gasteiger partial charge in [-0.05, 0) is 56.2 Å². The monoisotopic (exact) mass is 566 g/mol. The largest absolute Gasteiger partial charge is 0.465 e. The summed E-state index contributed by atoms with van der Waals surface area (Å²) in [5.41, 5.74) is 1.54. The second kappa shape index (κ2) is 11.1. The number of anilines is 1. The number of hydrogen-bond donors (Lipinski definition) is 2. The van der Waals surface area contributed by atoms with Crippen LogP contribution in [0.2, 0.25) is 0 Å². The molecular formula is C29H38N6O6. The van der Waals surface area contributed by atoms with Crippen LogP contribution in [-0.4, -0.2) is 125 Å². The average Bonchev–Trinajstić information content (AvgIpc) is 3.17. The molecule has 0 aromatic heterocycles. The van der Waals surface area contributed by atoms with Crippen LogP contribution in [-0.2, 0) is 9.59 Å². The lowest BCUT2D eigenvalue weighted by Gasteiger charge is -2.47. The summed E-state index contributed by atoms with van der Waals surface area (Å²) >= 11 is 0. The van der Waals surface area contributed by atoms with Gasteiger partial charge < -0.3 is 19.8 Å². The first kappa shape index (κ1) is 27.6. The number of nitrogens with one attached hydrogen (secondary N) is 1. The maximum Gasteiger partial charge on any atom is 0.407 e. The molecule has 0 aliphatic carbocycles. The molecule has 41 heavy (non-hydrogen) atoms. The van der Waals surface area contributed by atoms with Crippen LogP contribution in [0.15, 0.2) is 18.2 Å². The first-order chi connectivity index (χ1) is 19.7. The molecule has 5 aliphatic rings. The van der Waals surface area contributed by atoms with E-state index in [0.29, 0.717) is 36.1 Å². The van der Waals surface area contributed by atoms with Crippen LogP contribution in [0.5, 0.6) is 0 Å². The predicted octanol–water partition coefficient (Wildman–Crippen LogP) is 0.920. The van der Waals surface area contributed by atoms with Crippen LogP contribution in [0.3, 0.4) is 0 Å². The molecule has 0 radical (unpaired) electrons. The number of piperazine rings is 1. The zero-order valence-electron chi connectivity index (χ0n) is 23.5. The van der Waals surface area contributed by atoms with E-state index in [1.165, 1.54) is 4.90 Å². The van der Waals surface area contributed by atoms with E-state index in [-0.39, 0.29) is 24.8 Å². The molecule has 1 aromatic rings. The van der Waals surface area contributed by atoms with Crippen molar-refractivity contribution in [3.05, 3.63) is 29.3 Å². The summed E-state index contributed by atoms with van der Waals surface area (Å²) in [7, 11) is 0. The van der Waals surface area contributed by atoms with Crippen LogP contribution in [0.4, 0.5) is 10.5 Å². The molecule has 2 N–H and O–H groups in total. The molecule has 4 fully saturated rings. The number of imide groups is 2. The fourth-order valence-electron chi connectivity index (χ4n) is 7.11. The highest BCUT2D eigenvalue weighted by atomic mass is 16.4. The third-order valence-corrected chi connectivity index (χ3v) is 9.48. The van der Waals surface area contributed by atoms with Gasteiger partial charge in [-0.1, -0.05) is 0 Å². The Balaban J connectivity index is 0.969. The van der Waals surface area contributed by atoms with Crippen LogP contribution < -0.4 is 10.2 Å². The van der Waals surface area contributed by atoms with Crippen molar-refractivity contribution >= 4 is 35.4 Å². The summed E-state index contributed by atoms with van der Waals surface area (Å²) in [6, 6.07) is 4.65. The zero-order chi connectivity index (χ0) is 28.8. The Hall–Kier alpha value is -3.51. The fraction of sp³-hybridized carbons (Fsp3) is 0.621. The fourth-order valence-corrected chi connectivity index (χ4v) is 7.11. The van der Waals surface area contributed by atoms with E-state index in [1.54, 1.807) is 12.1 Å². The maximum absolute atomic E-state index is 13.2. The summed E-state index contributed by atoms with van der Waals surface area (Å²) in [4.78, 5) is 71.0. The Kier molecular flexibility index (Phi) is 7.45. The molecule has 0 spiro atoms. The van der Waals surface area contributed by atoms with Gasteiger partial charge in [-0.25, -0.2) is 4.79 Å². The highest BCUT2D eigenvalue weighted by molar-refractivity contribution is 6.23. The topological polar surface area (TPSA) is 134 Å². The van der Waals surface area contributed by atoms with Crippen molar-refractivity contribution in [1.29, 1.82) is 0 Å². The molecule has 1 unspecified atom stereocenters. The molecule has 1 aromatic carbocycles. The highest BCUT2D eigenvalue weighted by Gasteiger charge is 2.45. The van der Waals surface area contributed by atoms with Crippen LogP contribution in [0, 0.1) is 11.8 Å². The smallest absolute Gasteiger partial charge is 0.407 e. The summed E-state index contributed by atoms with van der Waals surface area (Å²) < 4.78 is 0. The molecule has 12 nitrogen and oxygen atoms in total. The predicted molar refractivity (Wildman–Crippen MR) is 149 cm³/mol. The average molecular weight is 567 g/mol. The molecule has 5 heterocycles. The van der Waals surface area contributed by atoms with Crippen molar-refractivity contribution in [2.75, 3.05) is 63.8 Å². The SMILES string of the molecule is C[C@H]1CN(C(=O)O)CCN1CC1CN(CC2CCN(c3ccc4c(c3)C(=O)N(C3CCC(=O)NC3=O)C4=O)CC2)C1. The Labute approximate surface area is 239 Å². The van der Waals surface area contributed by atoms with Crippen LogP contribution >= 0.6 is 0 Å². The van der Waals surface area contributed by atoms with Crippen LogP contribution in [0.25, 0.3) is 0 Å². The van der Waals surface area contributed by atoms with Crippen molar-refractivity contribution in [2.45, 2.75) is 44.7 Å². The number of rotatable bonds is 6. The van der Waals surface area contributed by atoms with Gasteiger partial charge in [0.25, 0.3) is 11.8 Å². The van der Waals surface area contributed by atoms with Crippen molar-refractivity contribution < 1.29 is 29.1 Å². The van der Waals surface area contributed by atoms with Gasteiger partial charge >= 0.3 is 6.09 Å². The third-order valence-electron chi connectivity index (χ3n) is 9.48. The molecule has 0 saturated carbocycles. The number of carboxylic acid groups (broad SMARTS) is 1. The number of hydrogen-bond acceptors (Lipinski definition) is 8. The zero-order valence-corrected chi connectivity index (χ0v) is 23.5. The van der Waals surface area contributed by atoms with Crippen molar-refractivity contribution in [3.8, 4) is 0 Å². The Morgan fingerprint density at radius 2 is 1.63 bits per heavy atom. The number of piperidine rings is 2. The van der Waals surface area contributed by atoms with E-state index >= 15 is 0 Å². The van der Waals surface area contributed by atoms with E-state index in [0.717, 1.165) is 69.2 Å². The molecule has 0 bridgehead atoms. The lowest BCUT2D eigenvalue weighted by molar-refractivity contribution is -0.136. The second-order valence-electron chi connectivity index (χ2n) is 12.3. The lowest BCUT2D eigenvalue weighted by Crippen LogP contribution is -2.58. The van der Waals surface area contributed by atoms with Gasteiger partial charge in [0.1, 0.15) is 6.04 Å². The first-order valence-electron chi connectivity index (χ1n) is 14.7. The standard InChI is InChI=1S/C29H38N6O6/c1-18-13-34(29(40)41)11-10-33(18)17-20-15-31(16-20)14-19-6-8-32(9-7-19)21-2-3-22-23(12-21)28(39)35(27(22)38)24-4-5-25(36)30-26(24)37/h2-3,12,18-20,24H,4-11,13-17H2,1H3,(H,40,41)(H,30,36,37)/t18-,24?/m0/s1. The number of nitrogens with zero attached hydrogens (tertiary/aromatic N) is 5. The van der Waals surface area contributed by atoms with Gasteiger partial charge in [-0.2, -0.15) is 0 Å². The van der Waals surface area contributed by atoms with Gasteiger partial charge in [0.2, 0.25) is 11.8 Å². The van der Waals surface area contributed by atoms with E-state index in [4.69, 9.17) is 0 Å². The number of carbonyl (C=O) groups is 5. The summed E-state index contributed by atoms with van der Waals surface area (Å²) in [5.74, 6) is -0.674. The molecule has 6 rings (SSSR count). The van der Waals surface area contributed by atoms with Crippen molar-refractivity contribution in [2.24, 2.45) is 11.8 Å². The summed E-state index contributed by atoms with van der Waals surface area (Å²) in [6.07, 6.45) is 1.54. The maximum atomic E-state index is 13.2. The number of fused-ring (bicyclic) bond motifs is 1. The minimum Gasteiger partial charge on any atom is -0.465 e. The molecule has 220 valence electrons. The molecule has 5 amide bonds. The van der Waals surface area contributed by atoms with Gasteiger partial charge in [-0.15, -0.1) is 0 Å². The molecular weight excluding hydrogens is 528 g/mol. The normalized spacial score (nSPS) is 26.8. The molecule has 12 heteroatoms. The summed E-state index contributed by atoms with van der Waals surface area (Å²) in [5, 5.41) is 11.5. The van der Waals surface area contributed by atoms with E-state index in [9.17, 15) is 29.1 Å². The Morgan fingerprint density at radius 3 is 2.32 bits per heavy atom. The number of likely N-dealkylation sites (tertiary alicyclic amines) is 1. The van der Waals surface area contributed by atoms with Gasteiger partial charge in [0.15, 0.2) is 0 Å². The summed E-state index contributed by atoms with van der Waals surface area (Å²) in [6.45, 7) is 10.2. The van der Waals surface area contributed by atoms with Crippen molar-refractivity contribution in [3.63, 3.8) is 0 Å². The van der Waals surface area contributed by atoms with Gasteiger partial charge in [0, 0.05) is 77.1 Å². The number of amides is 5. The minimum atomic E-state index is -0.953. The molecule has 5 aliphatic heterocycles. The van der Waals surface area contributed by atoms with E-state index in [1.807, 2.05) is 6.07 Å². The molecule has 2 atom stereocenters. The third kappa shape index (κ3) is 5.42. The van der Waals surface area contributed by atoms with Crippen molar-refractivity contribution in [1.82, 2.24) is 24.9 Å². The van der Waals surface area contributed by atoms with Gasteiger partial charge in [-0.3, -0.25) is 34.3 Å². The Morgan fingerprint density at radius 1 is 0.902 bits per heavy atom. The molecule has 4 saturated heterocycles. The highest BCUT2D eigenvalue weighted by Crippen LogP contribution is 2.33. The number of benzene rings is 1. The first-order valence-corrected chi connectivity index (χ1v) is 14.7. The minimum absolute atomic E-state index is 0.104.